The number of piperidine rings is 1. The lowest BCUT2D eigenvalue weighted by atomic mass is 10.2. The van der Waals surface area contributed by atoms with Crippen LogP contribution in [0.25, 0.3) is 11.0 Å². The maximum Gasteiger partial charge on any atom is 0.197 e. The van der Waals surface area contributed by atoms with E-state index < -0.39 is 0 Å². The molecule has 1 saturated heterocycles. The first kappa shape index (κ1) is 9.84. The molecule has 2 aromatic rings. The number of fused-ring (bicyclic) bond motifs is 1. The van der Waals surface area contributed by atoms with E-state index in [9.17, 15) is 0 Å². The Hall–Kier alpha value is -1.36. The molecule has 16 heavy (non-hydrogen) atoms. The van der Waals surface area contributed by atoms with Crippen LogP contribution >= 0.6 is 12.2 Å². The Morgan fingerprint density at radius 2 is 2.06 bits per heavy atom. The number of aromatic amines is 1. The number of nitrogens with one attached hydrogen (secondary N) is 1. The predicted molar refractivity (Wildman–Crippen MR) is 66.7 cm³/mol. The monoisotopic (exact) mass is 234 g/mol. The van der Waals surface area contributed by atoms with E-state index in [0.29, 0.717) is 0 Å². The van der Waals surface area contributed by atoms with Gasteiger partial charge in [-0.15, -0.1) is 0 Å². The SMILES string of the molecule is S=c1[nH]c2cnccc2n1N1CCCCC1. The van der Waals surface area contributed by atoms with E-state index >= 15 is 0 Å². The second-order valence-electron chi connectivity index (χ2n) is 4.15. The molecule has 0 atom stereocenters. The second-order valence-corrected chi connectivity index (χ2v) is 4.54. The highest BCUT2D eigenvalue weighted by atomic mass is 32.1. The van der Waals surface area contributed by atoms with Crippen molar-refractivity contribution in [3.05, 3.63) is 23.2 Å². The Morgan fingerprint density at radius 1 is 1.25 bits per heavy atom. The van der Waals surface area contributed by atoms with Gasteiger partial charge in [0.1, 0.15) is 0 Å². The van der Waals surface area contributed by atoms with Crippen LogP contribution < -0.4 is 5.01 Å². The van der Waals surface area contributed by atoms with Gasteiger partial charge in [-0.25, -0.2) is 4.68 Å². The molecule has 0 aliphatic carbocycles. The molecule has 1 aliphatic rings. The van der Waals surface area contributed by atoms with Gasteiger partial charge in [0.25, 0.3) is 0 Å². The quantitative estimate of drug-likeness (QED) is 0.769. The van der Waals surface area contributed by atoms with Crippen LogP contribution in [-0.4, -0.2) is 27.7 Å². The van der Waals surface area contributed by atoms with Crippen LogP contribution in [0, 0.1) is 4.77 Å². The number of pyridine rings is 1. The number of hydrogen-bond donors (Lipinski definition) is 1. The van der Waals surface area contributed by atoms with Crippen LogP contribution in [-0.2, 0) is 0 Å². The van der Waals surface area contributed by atoms with E-state index in [-0.39, 0.29) is 0 Å². The fraction of sp³-hybridized carbons (Fsp3) is 0.455. The van der Waals surface area contributed by atoms with Crippen LogP contribution in [0.4, 0.5) is 0 Å². The summed E-state index contributed by atoms with van der Waals surface area (Å²) >= 11 is 5.37. The van der Waals surface area contributed by atoms with Gasteiger partial charge < -0.3 is 9.99 Å². The van der Waals surface area contributed by atoms with Gasteiger partial charge in [0.15, 0.2) is 4.77 Å². The molecule has 0 unspecified atom stereocenters. The molecule has 3 heterocycles. The summed E-state index contributed by atoms with van der Waals surface area (Å²) in [6, 6.07) is 2.01. The Kier molecular flexibility index (Phi) is 2.40. The lowest BCUT2D eigenvalue weighted by Crippen LogP contribution is -2.39. The summed E-state index contributed by atoms with van der Waals surface area (Å²) in [5, 5.41) is 2.32. The zero-order valence-corrected chi connectivity index (χ0v) is 9.83. The van der Waals surface area contributed by atoms with Gasteiger partial charge in [0.05, 0.1) is 17.2 Å². The number of hydrogen-bond acceptors (Lipinski definition) is 3. The molecule has 0 aromatic carbocycles. The van der Waals surface area contributed by atoms with Gasteiger partial charge in [-0.2, -0.15) is 0 Å². The Morgan fingerprint density at radius 3 is 2.88 bits per heavy atom. The summed E-state index contributed by atoms with van der Waals surface area (Å²) < 4.78 is 2.88. The van der Waals surface area contributed by atoms with E-state index in [1.807, 2.05) is 18.5 Å². The molecule has 1 aliphatic heterocycles. The van der Waals surface area contributed by atoms with Gasteiger partial charge in [-0.05, 0) is 37.5 Å². The molecule has 1 fully saturated rings. The first-order chi connectivity index (χ1) is 7.86. The maximum atomic E-state index is 5.37. The molecular weight excluding hydrogens is 220 g/mol. The van der Waals surface area contributed by atoms with Gasteiger partial charge in [-0.1, -0.05) is 0 Å². The minimum Gasteiger partial charge on any atom is -0.328 e. The average Bonchev–Trinajstić information content (AvgIpc) is 2.66. The second kappa shape index (κ2) is 3.90. The van der Waals surface area contributed by atoms with Crippen molar-refractivity contribution < 1.29 is 0 Å². The largest absolute Gasteiger partial charge is 0.328 e. The van der Waals surface area contributed by atoms with Crippen molar-refractivity contribution in [1.29, 1.82) is 0 Å². The van der Waals surface area contributed by atoms with Crippen molar-refractivity contribution in [2.45, 2.75) is 19.3 Å². The smallest absolute Gasteiger partial charge is 0.197 e. The molecule has 0 saturated carbocycles. The lowest BCUT2D eigenvalue weighted by Gasteiger charge is -2.29. The van der Waals surface area contributed by atoms with Gasteiger partial charge in [-0.3, -0.25) is 4.98 Å². The summed E-state index contributed by atoms with van der Waals surface area (Å²) in [7, 11) is 0. The van der Waals surface area contributed by atoms with Crippen molar-refractivity contribution in [3.63, 3.8) is 0 Å². The number of aromatic nitrogens is 3. The third-order valence-corrected chi connectivity index (χ3v) is 3.35. The van der Waals surface area contributed by atoms with Gasteiger partial charge >= 0.3 is 0 Å². The van der Waals surface area contributed by atoms with Crippen molar-refractivity contribution in [1.82, 2.24) is 14.6 Å². The zero-order chi connectivity index (χ0) is 11.0. The summed E-state index contributed by atoms with van der Waals surface area (Å²) in [6.45, 7) is 2.17. The molecule has 4 nitrogen and oxygen atoms in total. The fourth-order valence-electron chi connectivity index (χ4n) is 2.30. The van der Waals surface area contributed by atoms with Crippen LogP contribution in [0.1, 0.15) is 19.3 Å². The highest BCUT2D eigenvalue weighted by Crippen LogP contribution is 2.16. The molecule has 0 spiro atoms. The molecular formula is C11H14N4S. The topological polar surface area (TPSA) is 36.9 Å². The molecule has 84 valence electrons. The molecule has 0 radical (unpaired) electrons. The molecule has 2 aromatic heterocycles. The Bertz CT molecular complexity index is 550. The van der Waals surface area contributed by atoms with Crippen molar-refractivity contribution in [2.75, 3.05) is 18.1 Å². The fourth-order valence-corrected chi connectivity index (χ4v) is 2.63. The van der Waals surface area contributed by atoms with Crippen molar-refractivity contribution in [2.24, 2.45) is 0 Å². The van der Waals surface area contributed by atoms with Crippen molar-refractivity contribution >= 4 is 23.3 Å². The van der Waals surface area contributed by atoms with E-state index in [0.717, 1.165) is 28.9 Å². The first-order valence-electron chi connectivity index (χ1n) is 5.66. The Balaban J connectivity index is 2.14. The zero-order valence-electron chi connectivity index (χ0n) is 9.02. The highest BCUT2D eigenvalue weighted by Gasteiger charge is 2.14. The van der Waals surface area contributed by atoms with Crippen molar-refractivity contribution in [3.8, 4) is 0 Å². The molecule has 3 rings (SSSR count). The van der Waals surface area contributed by atoms with Crippen LogP contribution in [0.5, 0.6) is 0 Å². The third-order valence-electron chi connectivity index (χ3n) is 3.08. The van der Waals surface area contributed by atoms with E-state index in [1.54, 1.807) is 0 Å². The molecule has 0 amide bonds. The van der Waals surface area contributed by atoms with Crippen LogP contribution in [0.3, 0.4) is 0 Å². The maximum absolute atomic E-state index is 5.37. The van der Waals surface area contributed by atoms with Gasteiger partial charge in [0, 0.05) is 19.3 Å². The molecule has 5 heteroatoms. The molecule has 0 bridgehead atoms. The number of nitrogens with zero attached hydrogens (tertiary/aromatic N) is 3. The summed E-state index contributed by atoms with van der Waals surface area (Å²) in [5.74, 6) is 0. The number of H-pyrrole nitrogens is 1. The average molecular weight is 234 g/mol. The summed E-state index contributed by atoms with van der Waals surface area (Å²) in [6.07, 6.45) is 7.46. The van der Waals surface area contributed by atoms with Crippen LogP contribution in [0.2, 0.25) is 0 Å². The molecule has 1 N–H and O–H groups in total. The predicted octanol–water partition coefficient (Wildman–Crippen LogP) is 2.22. The van der Waals surface area contributed by atoms with E-state index in [1.165, 1.54) is 19.3 Å². The third kappa shape index (κ3) is 1.51. The minimum absolute atomic E-state index is 0.768. The van der Waals surface area contributed by atoms with E-state index in [4.69, 9.17) is 12.2 Å². The highest BCUT2D eigenvalue weighted by molar-refractivity contribution is 7.71. The van der Waals surface area contributed by atoms with Crippen LogP contribution in [0.15, 0.2) is 18.5 Å². The normalized spacial score (nSPS) is 16.9. The number of imidazole rings is 1. The van der Waals surface area contributed by atoms with E-state index in [2.05, 4.69) is 19.7 Å². The summed E-state index contributed by atoms with van der Waals surface area (Å²) in [5.41, 5.74) is 2.14. The number of rotatable bonds is 1. The lowest BCUT2D eigenvalue weighted by molar-refractivity contribution is 0.483. The van der Waals surface area contributed by atoms with Gasteiger partial charge in [0.2, 0.25) is 0 Å². The minimum atomic E-state index is 0.768. The summed E-state index contributed by atoms with van der Waals surface area (Å²) in [4.78, 5) is 7.30. The standard InChI is InChI=1S/C11H14N4S/c16-11-13-9-8-12-5-4-10(9)15(11)14-6-2-1-3-7-14/h4-5,8H,1-3,6-7H2,(H,13,16). The first-order valence-corrected chi connectivity index (χ1v) is 6.07. The Labute approximate surface area is 98.9 Å².